The van der Waals surface area contributed by atoms with E-state index in [1.807, 2.05) is 13.0 Å². The summed E-state index contributed by atoms with van der Waals surface area (Å²) in [5.74, 6) is -3.00. The van der Waals surface area contributed by atoms with E-state index in [0.717, 1.165) is 28.7 Å². The van der Waals surface area contributed by atoms with Crippen LogP contribution < -0.4 is 4.90 Å². The molecule has 2 aliphatic rings. The highest BCUT2D eigenvalue weighted by Crippen LogP contribution is 2.44. The van der Waals surface area contributed by atoms with Crippen molar-refractivity contribution in [3.63, 3.8) is 0 Å². The monoisotopic (exact) mass is 478 g/mol. The van der Waals surface area contributed by atoms with Crippen molar-refractivity contribution in [3.05, 3.63) is 33.5 Å². The number of nitrogens with one attached hydrogen (secondary N) is 1. The summed E-state index contributed by atoms with van der Waals surface area (Å²) in [5.41, 5.74) is 1.68. The van der Waals surface area contributed by atoms with Crippen LogP contribution in [0.2, 0.25) is 0 Å². The molecule has 1 aromatic carbocycles. The fourth-order valence-corrected chi connectivity index (χ4v) is 5.52. The van der Waals surface area contributed by atoms with Crippen molar-refractivity contribution >= 4 is 17.0 Å². The molecule has 2 fully saturated rings. The third kappa shape index (κ3) is 4.72. The van der Waals surface area contributed by atoms with E-state index < -0.39 is 11.7 Å². The van der Waals surface area contributed by atoms with Crippen LogP contribution in [-0.4, -0.2) is 67.3 Å². The van der Waals surface area contributed by atoms with Crippen LogP contribution in [0.15, 0.2) is 12.1 Å². The highest BCUT2D eigenvalue weighted by Gasteiger charge is 2.45. The van der Waals surface area contributed by atoms with Gasteiger partial charge in [0.2, 0.25) is 11.7 Å². The lowest BCUT2D eigenvalue weighted by Crippen LogP contribution is -2.51. The van der Waals surface area contributed by atoms with E-state index >= 15 is 4.39 Å². The number of alkyl halides is 2. The maximum Gasteiger partial charge on any atom is 0.248 e. The average Bonchev–Trinajstić information content (AvgIpc) is 3.39. The Hall–Kier alpha value is -2.60. The van der Waals surface area contributed by atoms with Crippen molar-refractivity contribution in [2.45, 2.75) is 51.6 Å². The van der Waals surface area contributed by atoms with Crippen molar-refractivity contribution in [2.75, 3.05) is 24.5 Å². The number of halogens is 3. The summed E-state index contributed by atoms with van der Waals surface area (Å²) in [5, 5.41) is 24.2. The maximum atomic E-state index is 15.3. The van der Waals surface area contributed by atoms with Crippen LogP contribution in [0.1, 0.15) is 35.3 Å². The number of piperazine rings is 1. The Morgan fingerprint density at radius 1 is 1.18 bits per heavy atom. The number of tetrazole rings is 1. The van der Waals surface area contributed by atoms with Crippen LogP contribution in [0.5, 0.6) is 0 Å². The summed E-state index contributed by atoms with van der Waals surface area (Å²) in [4.78, 5) is 4.46. The number of anilines is 1. The molecule has 1 aliphatic heterocycles. The molecule has 1 aliphatic carbocycles. The van der Waals surface area contributed by atoms with Crippen LogP contribution >= 0.6 is 11.3 Å². The molecule has 1 saturated carbocycles. The normalized spacial score (nSPS) is 21.4. The predicted molar refractivity (Wildman–Crippen MR) is 118 cm³/mol. The second-order valence-corrected chi connectivity index (χ2v) is 10.3. The Bertz CT molecular complexity index is 1110. The zero-order valence-electron chi connectivity index (χ0n) is 18.4. The van der Waals surface area contributed by atoms with Gasteiger partial charge < -0.3 is 4.90 Å². The molecule has 1 N–H and O–H groups in total. The van der Waals surface area contributed by atoms with Gasteiger partial charge in [0.25, 0.3) is 0 Å². The van der Waals surface area contributed by atoms with E-state index in [1.54, 1.807) is 11.3 Å². The third-order valence-corrected chi connectivity index (χ3v) is 7.23. The van der Waals surface area contributed by atoms with Gasteiger partial charge in [-0.15, -0.1) is 31.7 Å². The molecule has 33 heavy (non-hydrogen) atoms. The minimum Gasteiger partial charge on any atom is -0.368 e. The van der Waals surface area contributed by atoms with Crippen molar-refractivity contribution < 1.29 is 13.2 Å². The third-order valence-electron chi connectivity index (χ3n) is 6.41. The fourth-order valence-electron chi connectivity index (χ4n) is 4.79. The minimum atomic E-state index is -2.59. The number of rotatable bonds is 6. The predicted octanol–water partition coefficient (Wildman–Crippen LogP) is 3.46. The molecule has 1 saturated heterocycles. The summed E-state index contributed by atoms with van der Waals surface area (Å²) in [6.45, 7) is 6.91. The van der Waals surface area contributed by atoms with Crippen molar-refractivity contribution in [1.29, 1.82) is 0 Å². The van der Waals surface area contributed by atoms with Gasteiger partial charge in [0.1, 0.15) is 15.8 Å². The number of hydrogen-bond acceptors (Lipinski definition) is 8. The number of H-pyrrole nitrogens is 1. The highest BCUT2D eigenvalue weighted by molar-refractivity contribution is 7.11. The summed E-state index contributed by atoms with van der Waals surface area (Å²) in [6, 6.07) is 3.52. The summed E-state index contributed by atoms with van der Waals surface area (Å²) < 4.78 is 41.9. The van der Waals surface area contributed by atoms with E-state index in [2.05, 4.69) is 47.5 Å². The summed E-state index contributed by atoms with van der Waals surface area (Å²) in [7, 11) is 0. The van der Waals surface area contributed by atoms with E-state index in [0.29, 0.717) is 25.2 Å². The first-order valence-corrected chi connectivity index (χ1v) is 11.8. The second-order valence-electron chi connectivity index (χ2n) is 9.02. The Kier molecular flexibility index (Phi) is 5.81. The van der Waals surface area contributed by atoms with Crippen molar-refractivity contribution in [2.24, 2.45) is 5.92 Å². The lowest BCUT2D eigenvalue weighted by molar-refractivity contribution is -0.109. The number of aryl methyl sites for hydroxylation is 1. The van der Waals surface area contributed by atoms with E-state index in [1.165, 1.54) is 6.07 Å². The van der Waals surface area contributed by atoms with Gasteiger partial charge in [-0.05, 0) is 49.1 Å². The number of nitrogens with zero attached hydrogens (tertiary/aromatic N) is 7. The number of aromatic amines is 1. The molecule has 1 atom stereocenters. The summed E-state index contributed by atoms with van der Waals surface area (Å²) in [6.07, 6.45) is 0.145. The van der Waals surface area contributed by atoms with E-state index in [9.17, 15) is 8.78 Å². The Balaban J connectivity index is 1.38. The van der Waals surface area contributed by atoms with Crippen LogP contribution in [0.4, 0.5) is 18.9 Å². The standard InChI is InChI=1S/C21H25F3N8S/c1-12-10-32(4-3-31(12)11-18-26-25-13(2)33-18)17-7-14(5-15-8-21(23,24)9-15)6-16(22)19(17)20-27-29-30-28-20/h6-7,12,15H,3-5,8-11H2,1-2H3,(H,27,28,29,30)/t12-/m0/s1. The topological polar surface area (TPSA) is 86.7 Å². The Morgan fingerprint density at radius 3 is 2.64 bits per heavy atom. The van der Waals surface area contributed by atoms with E-state index in [4.69, 9.17) is 0 Å². The average molecular weight is 479 g/mol. The van der Waals surface area contributed by atoms with Crippen LogP contribution in [0, 0.1) is 18.7 Å². The van der Waals surface area contributed by atoms with Crippen LogP contribution in [0.3, 0.4) is 0 Å². The molecule has 12 heteroatoms. The molecule has 5 rings (SSSR count). The van der Waals surface area contributed by atoms with Crippen molar-refractivity contribution in [1.82, 2.24) is 35.7 Å². The van der Waals surface area contributed by atoms with Gasteiger partial charge in [-0.2, -0.15) is 5.21 Å². The summed E-state index contributed by atoms with van der Waals surface area (Å²) >= 11 is 1.59. The molecule has 0 amide bonds. The Labute approximate surface area is 193 Å². The molecule has 8 nitrogen and oxygen atoms in total. The molecule has 3 heterocycles. The largest absolute Gasteiger partial charge is 0.368 e. The molecule has 3 aromatic rings. The number of aromatic nitrogens is 6. The lowest BCUT2D eigenvalue weighted by atomic mass is 9.77. The SMILES string of the molecule is Cc1nnc(CN2CCN(c3cc(CC4CC(F)(F)C4)cc(F)c3-c3nn[nH]n3)C[C@@H]2C)s1. The molecule has 0 spiro atoms. The van der Waals surface area contributed by atoms with Crippen molar-refractivity contribution in [3.8, 4) is 11.4 Å². The molecular weight excluding hydrogens is 453 g/mol. The van der Waals surface area contributed by atoms with Gasteiger partial charge in [-0.1, -0.05) is 0 Å². The highest BCUT2D eigenvalue weighted by atomic mass is 32.1. The number of hydrogen-bond donors (Lipinski definition) is 1. The smallest absolute Gasteiger partial charge is 0.248 e. The maximum absolute atomic E-state index is 15.3. The molecular formula is C21H25F3N8S. The van der Waals surface area contributed by atoms with Gasteiger partial charge in [0, 0.05) is 38.5 Å². The Morgan fingerprint density at radius 2 is 2.00 bits per heavy atom. The first kappa shape index (κ1) is 22.2. The molecule has 0 radical (unpaired) electrons. The van der Waals surface area contributed by atoms with E-state index in [-0.39, 0.29) is 36.2 Å². The van der Waals surface area contributed by atoms with Gasteiger partial charge >= 0.3 is 0 Å². The van der Waals surface area contributed by atoms with Crippen LogP contribution in [0.25, 0.3) is 11.4 Å². The molecule has 2 aromatic heterocycles. The number of benzene rings is 1. The van der Waals surface area contributed by atoms with Gasteiger partial charge in [0.05, 0.1) is 17.8 Å². The van der Waals surface area contributed by atoms with Gasteiger partial charge in [-0.3, -0.25) is 4.90 Å². The molecule has 0 unspecified atom stereocenters. The molecule has 176 valence electrons. The quantitative estimate of drug-likeness (QED) is 0.581. The van der Waals surface area contributed by atoms with Crippen LogP contribution in [-0.2, 0) is 13.0 Å². The lowest BCUT2D eigenvalue weighted by Gasteiger charge is -2.41. The second kappa shape index (κ2) is 8.64. The zero-order valence-corrected chi connectivity index (χ0v) is 19.2. The fraction of sp³-hybridized carbons (Fsp3) is 0.571. The van der Waals surface area contributed by atoms with Gasteiger partial charge in [-0.25, -0.2) is 13.2 Å². The zero-order chi connectivity index (χ0) is 23.2. The first-order valence-electron chi connectivity index (χ1n) is 11.0. The first-order chi connectivity index (χ1) is 15.8. The molecule has 0 bridgehead atoms. The minimum absolute atomic E-state index is 0.130. The van der Waals surface area contributed by atoms with Gasteiger partial charge in [0.15, 0.2) is 0 Å².